The number of aryl methyl sites for hydroxylation is 1. The first-order valence-electron chi connectivity index (χ1n) is 12.9. The molecule has 0 spiro atoms. The van der Waals surface area contributed by atoms with Crippen molar-refractivity contribution in [2.75, 3.05) is 32.7 Å². The average Bonchev–Trinajstić information content (AvgIpc) is 3.52. The van der Waals surface area contributed by atoms with Crippen molar-refractivity contribution < 1.29 is 5.11 Å². The monoisotopic (exact) mass is 474 g/mol. The Balaban J connectivity index is 1.14. The number of hydrogen-bond acceptors (Lipinski definition) is 4. The van der Waals surface area contributed by atoms with Gasteiger partial charge in [-0.05, 0) is 71.5 Å². The van der Waals surface area contributed by atoms with Gasteiger partial charge in [-0.25, -0.2) is 0 Å². The summed E-state index contributed by atoms with van der Waals surface area (Å²) >= 11 is 1.82. The lowest BCUT2D eigenvalue weighted by Gasteiger charge is -2.39. The van der Waals surface area contributed by atoms with Crippen LogP contribution in [-0.2, 0) is 13.0 Å². The summed E-state index contributed by atoms with van der Waals surface area (Å²) in [5.74, 6) is 1.27. The normalized spacial score (nSPS) is 23.3. The fraction of sp³-hybridized carbons (Fsp3) is 0.467. The molecule has 2 aliphatic heterocycles. The molecule has 0 bridgehead atoms. The molecule has 4 heteroatoms. The number of thiophene rings is 1. The minimum Gasteiger partial charge on any atom is -0.390 e. The first kappa shape index (κ1) is 23.7. The second-order valence-corrected chi connectivity index (χ2v) is 11.2. The molecule has 2 fully saturated rings. The molecule has 0 radical (unpaired) electrons. The third-order valence-corrected chi connectivity index (χ3v) is 8.67. The van der Waals surface area contributed by atoms with Crippen molar-refractivity contribution in [3.8, 4) is 0 Å². The maximum absolute atomic E-state index is 11.2. The third-order valence-electron chi connectivity index (χ3n) is 7.97. The summed E-state index contributed by atoms with van der Waals surface area (Å²) in [5.41, 5.74) is 3.82. The summed E-state index contributed by atoms with van der Waals surface area (Å²) in [5, 5.41) is 15.8. The van der Waals surface area contributed by atoms with E-state index in [-0.39, 0.29) is 0 Å². The zero-order chi connectivity index (χ0) is 23.2. The van der Waals surface area contributed by atoms with Gasteiger partial charge in [-0.2, -0.15) is 11.3 Å². The molecule has 0 saturated carbocycles. The maximum atomic E-state index is 11.2. The van der Waals surface area contributed by atoms with Crippen molar-refractivity contribution in [3.63, 3.8) is 0 Å². The number of hydrogen-bond donors (Lipinski definition) is 1. The van der Waals surface area contributed by atoms with Crippen molar-refractivity contribution in [1.29, 1.82) is 0 Å². The molecule has 3 heterocycles. The second-order valence-electron chi connectivity index (χ2n) is 10.5. The van der Waals surface area contributed by atoms with E-state index < -0.39 is 5.60 Å². The number of nitrogens with zero attached hydrogens (tertiary/aromatic N) is 2. The number of likely N-dealkylation sites (tertiary alicyclic amines) is 2. The maximum Gasteiger partial charge on any atom is 0.0672 e. The smallest absolute Gasteiger partial charge is 0.0672 e. The van der Waals surface area contributed by atoms with E-state index in [1.165, 1.54) is 16.7 Å². The lowest BCUT2D eigenvalue weighted by molar-refractivity contribution is -0.0316. The molecule has 0 unspecified atom stereocenters. The van der Waals surface area contributed by atoms with Crippen LogP contribution in [0.4, 0.5) is 0 Å². The average molecular weight is 475 g/mol. The molecule has 5 rings (SSSR count). The van der Waals surface area contributed by atoms with Gasteiger partial charge in [0.25, 0.3) is 0 Å². The molecule has 3 aromatic rings. The summed E-state index contributed by atoms with van der Waals surface area (Å²) in [6.45, 7) is 6.53. The Bertz CT molecular complexity index is 983. The highest BCUT2D eigenvalue weighted by Crippen LogP contribution is 2.36. The van der Waals surface area contributed by atoms with Crippen LogP contribution in [-0.4, -0.2) is 53.2 Å². The standard InChI is InChI=1S/C30H38N2OS/c33-30(14-7-12-25-8-3-1-4-9-25)15-17-31(18-16-30)21-28-22-32(20-26-10-5-2-6-11-26)23-29(28)27-13-19-34-24-27/h1-6,8-11,13,19,24,28-29,33H,7,12,14-18,20-23H2/t28-,29+/m0/s1. The predicted molar refractivity (Wildman–Crippen MR) is 142 cm³/mol. The van der Waals surface area contributed by atoms with Crippen LogP contribution in [0.2, 0.25) is 0 Å². The molecule has 2 aromatic carbocycles. The van der Waals surface area contributed by atoms with Gasteiger partial charge >= 0.3 is 0 Å². The summed E-state index contributed by atoms with van der Waals surface area (Å²) in [6, 6.07) is 23.9. The minimum absolute atomic E-state index is 0.479. The molecule has 1 aromatic heterocycles. The SMILES string of the molecule is OC1(CCCc2ccccc2)CCN(C[C@H]2CN(Cc3ccccc3)C[C@@H]2c2ccsc2)CC1. The Labute approximate surface area is 209 Å². The summed E-state index contributed by atoms with van der Waals surface area (Å²) in [4.78, 5) is 5.27. The fourth-order valence-electron chi connectivity index (χ4n) is 5.98. The molecule has 2 atom stereocenters. The Morgan fingerprint density at radius 1 is 0.853 bits per heavy atom. The fourth-order valence-corrected chi connectivity index (χ4v) is 6.70. The van der Waals surface area contributed by atoms with E-state index in [4.69, 9.17) is 0 Å². The van der Waals surface area contributed by atoms with Crippen molar-refractivity contribution in [1.82, 2.24) is 9.80 Å². The molecule has 1 N–H and O–H groups in total. The van der Waals surface area contributed by atoms with E-state index in [0.717, 1.165) is 71.4 Å². The van der Waals surface area contributed by atoms with Crippen molar-refractivity contribution in [3.05, 3.63) is 94.2 Å². The topological polar surface area (TPSA) is 26.7 Å². The van der Waals surface area contributed by atoms with Crippen molar-refractivity contribution in [2.45, 2.75) is 50.2 Å². The van der Waals surface area contributed by atoms with E-state index in [1.807, 2.05) is 11.3 Å². The van der Waals surface area contributed by atoms with Gasteiger partial charge in [0, 0.05) is 45.2 Å². The number of aliphatic hydroxyl groups is 1. The zero-order valence-corrected chi connectivity index (χ0v) is 21.0. The van der Waals surface area contributed by atoms with E-state index in [0.29, 0.717) is 11.8 Å². The Morgan fingerprint density at radius 3 is 2.24 bits per heavy atom. The van der Waals surface area contributed by atoms with Gasteiger partial charge < -0.3 is 10.0 Å². The lowest BCUT2D eigenvalue weighted by Crippen LogP contribution is -2.46. The molecule has 2 aliphatic rings. The van der Waals surface area contributed by atoms with Crippen LogP contribution < -0.4 is 0 Å². The summed E-state index contributed by atoms with van der Waals surface area (Å²) in [7, 11) is 0. The van der Waals surface area contributed by atoms with Crippen molar-refractivity contribution >= 4 is 11.3 Å². The van der Waals surface area contributed by atoms with E-state index >= 15 is 0 Å². The molecule has 180 valence electrons. The first-order valence-corrected chi connectivity index (χ1v) is 13.9. The third kappa shape index (κ3) is 6.17. The summed E-state index contributed by atoms with van der Waals surface area (Å²) in [6.07, 6.45) is 4.87. The van der Waals surface area contributed by atoms with Crippen LogP contribution in [0.25, 0.3) is 0 Å². The van der Waals surface area contributed by atoms with Crippen LogP contribution in [0.1, 0.15) is 48.3 Å². The second kappa shape index (κ2) is 11.2. The van der Waals surface area contributed by atoms with Gasteiger partial charge in [0.15, 0.2) is 0 Å². The van der Waals surface area contributed by atoms with E-state index in [1.54, 1.807) is 0 Å². The van der Waals surface area contributed by atoms with Crippen LogP contribution in [0.15, 0.2) is 77.5 Å². The van der Waals surface area contributed by atoms with Crippen LogP contribution in [0.5, 0.6) is 0 Å². The van der Waals surface area contributed by atoms with Gasteiger partial charge in [-0.3, -0.25) is 4.90 Å². The lowest BCUT2D eigenvalue weighted by atomic mass is 9.84. The molecule has 2 saturated heterocycles. The van der Waals surface area contributed by atoms with Crippen LogP contribution in [0, 0.1) is 5.92 Å². The highest BCUT2D eigenvalue weighted by molar-refractivity contribution is 7.08. The number of benzene rings is 2. The van der Waals surface area contributed by atoms with Crippen LogP contribution in [0.3, 0.4) is 0 Å². The van der Waals surface area contributed by atoms with Gasteiger partial charge in [-0.15, -0.1) is 0 Å². The molecular weight excluding hydrogens is 436 g/mol. The first-order chi connectivity index (χ1) is 16.7. The Kier molecular flexibility index (Phi) is 7.80. The zero-order valence-electron chi connectivity index (χ0n) is 20.2. The molecule has 3 nitrogen and oxygen atoms in total. The van der Waals surface area contributed by atoms with Gasteiger partial charge in [0.1, 0.15) is 0 Å². The highest BCUT2D eigenvalue weighted by Gasteiger charge is 2.37. The predicted octanol–water partition coefficient (Wildman–Crippen LogP) is 5.81. The quantitative estimate of drug-likeness (QED) is 0.424. The number of piperidine rings is 1. The molecular formula is C30H38N2OS. The molecule has 0 amide bonds. The van der Waals surface area contributed by atoms with Crippen LogP contribution >= 0.6 is 11.3 Å². The number of rotatable bonds is 9. The Morgan fingerprint density at radius 2 is 1.56 bits per heavy atom. The largest absolute Gasteiger partial charge is 0.390 e. The summed E-state index contributed by atoms with van der Waals surface area (Å²) < 4.78 is 0. The molecule has 34 heavy (non-hydrogen) atoms. The van der Waals surface area contributed by atoms with Crippen molar-refractivity contribution in [2.24, 2.45) is 5.92 Å². The van der Waals surface area contributed by atoms with Gasteiger partial charge in [-0.1, -0.05) is 60.7 Å². The van der Waals surface area contributed by atoms with E-state index in [2.05, 4.69) is 87.3 Å². The minimum atomic E-state index is -0.479. The molecule has 0 aliphatic carbocycles. The van der Waals surface area contributed by atoms with E-state index in [9.17, 15) is 5.11 Å². The highest BCUT2D eigenvalue weighted by atomic mass is 32.1. The Hall–Kier alpha value is -1.98. The van der Waals surface area contributed by atoms with Gasteiger partial charge in [0.2, 0.25) is 0 Å². The van der Waals surface area contributed by atoms with Gasteiger partial charge in [0.05, 0.1) is 5.60 Å².